The lowest BCUT2D eigenvalue weighted by Gasteiger charge is -2.28. The molecule has 0 saturated carbocycles. The quantitative estimate of drug-likeness (QED) is 0.747. The van der Waals surface area contributed by atoms with Gasteiger partial charge < -0.3 is 14.7 Å². The molecule has 4 nitrogen and oxygen atoms in total. The number of rotatable bonds is 2. The molecule has 0 aromatic heterocycles. The van der Waals surface area contributed by atoms with Gasteiger partial charge in [0, 0.05) is 13.2 Å². The van der Waals surface area contributed by atoms with E-state index in [1.807, 2.05) is 20.8 Å². The Labute approximate surface area is 102 Å². The molecule has 17 heavy (non-hydrogen) atoms. The average Bonchev–Trinajstić information content (AvgIpc) is 2.73. The van der Waals surface area contributed by atoms with Crippen molar-refractivity contribution >= 4 is 6.09 Å². The van der Waals surface area contributed by atoms with E-state index in [0.29, 0.717) is 11.8 Å². The molecule has 0 aromatic carbocycles. The molecular weight excluding hydrogens is 218 g/mol. The van der Waals surface area contributed by atoms with Crippen LogP contribution in [-0.2, 0) is 4.74 Å². The number of ether oxygens (including phenoxy) is 1. The van der Waals surface area contributed by atoms with Gasteiger partial charge in [-0.1, -0.05) is 12.2 Å². The van der Waals surface area contributed by atoms with Crippen LogP contribution in [0.3, 0.4) is 0 Å². The number of fused-ring (bicyclic) bond motifs is 2. The van der Waals surface area contributed by atoms with Gasteiger partial charge in [-0.25, -0.2) is 4.79 Å². The summed E-state index contributed by atoms with van der Waals surface area (Å²) in [5.74, 6) is 0.757. The molecule has 1 heterocycles. The van der Waals surface area contributed by atoms with E-state index in [2.05, 4.69) is 12.2 Å². The number of amides is 1. The number of hydrogen-bond donors (Lipinski definition) is 1. The monoisotopic (exact) mass is 239 g/mol. The van der Waals surface area contributed by atoms with E-state index in [-0.39, 0.29) is 18.7 Å². The van der Waals surface area contributed by atoms with Crippen molar-refractivity contribution in [2.75, 3.05) is 13.2 Å². The van der Waals surface area contributed by atoms with Crippen molar-refractivity contribution < 1.29 is 14.6 Å². The van der Waals surface area contributed by atoms with Gasteiger partial charge in [0.1, 0.15) is 5.60 Å². The van der Waals surface area contributed by atoms with Gasteiger partial charge in [-0.05, 0) is 39.0 Å². The Morgan fingerprint density at radius 3 is 2.76 bits per heavy atom. The number of hydrogen-bond acceptors (Lipinski definition) is 3. The maximum atomic E-state index is 12.0. The van der Waals surface area contributed by atoms with Crippen molar-refractivity contribution in [3.8, 4) is 0 Å². The summed E-state index contributed by atoms with van der Waals surface area (Å²) in [7, 11) is 0. The summed E-state index contributed by atoms with van der Waals surface area (Å²) >= 11 is 0. The molecule has 1 amide bonds. The van der Waals surface area contributed by atoms with E-state index in [4.69, 9.17) is 9.84 Å². The molecule has 1 aliphatic heterocycles. The smallest absolute Gasteiger partial charge is 0.410 e. The number of nitrogens with zero attached hydrogens (tertiary/aromatic N) is 1. The first-order valence-corrected chi connectivity index (χ1v) is 6.21. The molecule has 1 fully saturated rings. The lowest BCUT2D eigenvalue weighted by molar-refractivity contribution is 0.0234. The molecule has 1 N–H and O–H groups in total. The number of carbonyl (C=O) groups is 1. The van der Waals surface area contributed by atoms with Gasteiger partial charge >= 0.3 is 6.09 Å². The molecular formula is C13H21NO3. The molecule has 0 radical (unpaired) electrons. The number of carbonyl (C=O) groups excluding carboxylic acids is 1. The Kier molecular flexibility index (Phi) is 3.17. The molecule has 0 aromatic rings. The minimum Gasteiger partial charge on any atom is -0.444 e. The molecule has 4 heteroatoms. The van der Waals surface area contributed by atoms with Crippen molar-refractivity contribution in [3.05, 3.63) is 12.2 Å². The average molecular weight is 239 g/mol. The Morgan fingerprint density at radius 2 is 2.18 bits per heavy atom. The number of aliphatic hydroxyl groups is 1. The summed E-state index contributed by atoms with van der Waals surface area (Å²) in [6.07, 6.45) is 4.74. The normalized spacial score (nSPS) is 31.1. The van der Waals surface area contributed by atoms with Crippen LogP contribution in [0.25, 0.3) is 0 Å². The first-order chi connectivity index (χ1) is 7.92. The molecule has 96 valence electrons. The number of likely N-dealkylation sites (tertiary alicyclic amines) is 1. The highest BCUT2D eigenvalue weighted by molar-refractivity contribution is 5.70. The molecule has 0 spiro atoms. The van der Waals surface area contributed by atoms with Crippen molar-refractivity contribution in [2.24, 2.45) is 11.8 Å². The van der Waals surface area contributed by atoms with Crippen LogP contribution in [0.1, 0.15) is 27.2 Å². The van der Waals surface area contributed by atoms with Crippen molar-refractivity contribution in [2.45, 2.75) is 38.8 Å². The predicted octanol–water partition coefficient (Wildman–Crippen LogP) is 1.79. The van der Waals surface area contributed by atoms with Crippen LogP contribution >= 0.6 is 0 Å². The second-order valence-electron chi connectivity index (χ2n) is 5.85. The fourth-order valence-electron chi connectivity index (χ4n) is 2.73. The van der Waals surface area contributed by atoms with Crippen molar-refractivity contribution in [1.82, 2.24) is 4.90 Å². The summed E-state index contributed by atoms with van der Waals surface area (Å²) in [4.78, 5) is 13.8. The zero-order valence-corrected chi connectivity index (χ0v) is 10.7. The minimum absolute atomic E-state index is 0.113. The van der Waals surface area contributed by atoms with E-state index in [0.717, 1.165) is 13.0 Å². The van der Waals surface area contributed by atoms with Gasteiger partial charge in [-0.3, -0.25) is 0 Å². The topological polar surface area (TPSA) is 49.8 Å². The van der Waals surface area contributed by atoms with E-state index in [1.54, 1.807) is 4.90 Å². The fourth-order valence-corrected chi connectivity index (χ4v) is 2.73. The Balaban J connectivity index is 2.01. The highest BCUT2D eigenvalue weighted by atomic mass is 16.6. The summed E-state index contributed by atoms with van der Waals surface area (Å²) in [6, 6.07) is 0.113. The third-order valence-electron chi connectivity index (χ3n) is 3.40. The SMILES string of the molecule is CC(C)(C)OC(=O)N1C[C@H]2C=C[C@@H]1[C@H]2CCO. The maximum Gasteiger partial charge on any atom is 0.410 e. The van der Waals surface area contributed by atoms with Crippen LogP contribution in [0, 0.1) is 11.8 Å². The van der Waals surface area contributed by atoms with Gasteiger partial charge in [0.25, 0.3) is 0 Å². The van der Waals surface area contributed by atoms with Crippen LogP contribution in [-0.4, -0.2) is 40.9 Å². The van der Waals surface area contributed by atoms with E-state index in [9.17, 15) is 4.79 Å². The molecule has 0 unspecified atom stereocenters. The third-order valence-corrected chi connectivity index (χ3v) is 3.40. The highest BCUT2D eigenvalue weighted by Crippen LogP contribution is 2.39. The Bertz CT molecular complexity index is 332. The zero-order chi connectivity index (χ0) is 12.6. The molecule has 3 atom stereocenters. The molecule has 2 rings (SSSR count). The van der Waals surface area contributed by atoms with E-state index < -0.39 is 5.60 Å². The molecule has 1 saturated heterocycles. The third kappa shape index (κ3) is 2.46. The molecule has 2 aliphatic rings. The summed E-state index contributed by atoms with van der Waals surface area (Å²) in [6.45, 7) is 6.53. The standard InChI is InChI=1S/C13H21NO3/c1-13(2,3)17-12(16)14-8-9-4-5-11(14)10(9)6-7-15/h4-5,9-11,15H,6-8H2,1-3H3/t9-,10+,11-/m1/s1. The van der Waals surface area contributed by atoms with Crippen LogP contribution in [0.5, 0.6) is 0 Å². The minimum atomic E-state index is -0.449. The van der Waals surface area contributed by atoms with Crippen molar-refractivity contribution in [1.29, 1.82) is 0 Å². The van der Waals surface area contributed by atoms with Gasteiger partial charge in [0.2, 0.25) is 0 Å². The highest BCUT2D eigenvalue weighted by Gasteiger charge is 2.45. The fraction of sp³-hybridized carbons (Fsp3) is 0.769. The zero-order valence-electron chi connectivity index (χ0n) is 10.7. The van der Waals surface area contributed by atoms with Gasteiger partial charge in [-0.15, -0.1) is 0 Å². The number of aliphatic hydroxyl groups excluding tert-OH is 1. The molecule has 2 bridgehead atoms. The van der Waals surface area contributed by atoms with Crippen LogP contribution in [0.15, 0.2) is 12.2 Å². The van der Waals surface area contributed by atoms with Crippen LogP contribution in [0.2, 0.25) is 0 Å². The van der Waals surface area contributed by atoms with E-state index in [1.165, 1.54) is 0 Å². The summed E-state index contributed by atoms with van der Waals surface area (Å²) in [5, 5.41) is 9.04. The first kappa shape index (κ1) is 12.4. The van der Waals surface area contributed by atoms with Crippen LogP contribution < -0.4 is 0 Å². The van der Waals surface area contributed by atoms with Gasteiger partial charge in [-0.2, -0.15) is 0 Å². The van der Waals surface area contributed by atoms with Gasteiger partial charge in [0.05, 0.1) is 6.04 Å². The second kappa shape index (κ2) is 4.33. The van der Waals surface area contributed by atoms with Crippen LogP contribution in [0.4, 0.5) is 4.79 Å². The Morgan fingerprint density at radius 1 is 1.47 bits per heavy atom. The summed E-state index contributed by atoms with van der Waals surface area (Å²) < 4.78 is 5.39. The first-order valence-electron chi connectivity index (χ1n) is 6.21. The summed E-state index contributed by atoms with van der Waals surface area (Å²) in [5.41, 5.74) is -0.449. The second-order valence-corrected chi connectivity index (χ2v) is 5.85. The lowest BCUT2D eigenvalue weighted by atomic mass is 9.94. The van der Waals surface area contributed by atoms with Gasteiger partial charge in [0.15, 0.2) is 0 Å². The predicted molar refractivity (Wildman–Crippen MR) is 64.6 cm³/mol. The van der Waals surface area contributed by atoms with Crippen molar-refractivity contribution in [3.63, 3.8) is 0 Å². The maximum absolute atomic E-state index is 12.0. The molecule has 1 aliphatic carbocycles. The largest absolute Gasteiger partial charge is 0.444 e. The lowest BCUT2D eigenvalue weighted by Crippen LogP contribution is -2.41. The van der Waals surface area contributed by atoms with E-state index >= 15 is 0 Å². The Hall–Kier alpha value is -1.03.